The molecule has 106 valence electrons. The van der Waals surface area contributed by atoms with Crippen LogP contribution in [0.25, 0.3) is 5.69 Å². The van der Waals surface area contributed by atoms with Gasteiger partial charge in [-0.15, -0.1) is 5.10 Å². The van der Waals surface area contributed by atoms with Crippen LogP contribution in [0.5, 0.6) is 0 Å². The molecule has 0 saturated heterocycles. The highest BCUT2D eigenvalue weighted by molar-refractivity contribution is 6.32. The van der Waals surface area contributed by atoms with Crippen molar-refractivity contribution in [1.82, 2.24) is 15.0 Å². The van der Waals surface area contributed by atoms with Crippen LogP contribution in [-0.4, -0.2) is 19.9 Å². The van der Waals surface area contributed by atoms with Gasteiger partial charge in [-0.3, -0.25) is 10.1 Å². The Bertz CT molecular complexity index is 641. The number of hydrogen-bond acceptors (Lipinski definition) is 5. The third-order valence-corrected chi connectivity index (χ3v) is 3.21. The molecule has 2 rings (SSSR count). The molecule has 0 bridgehead atoms. The quantitative estimate of drug-likeness (QED) is 0.673. The average molecular weight is 296 g/mol. The first kappa shape index (κ1) is 14.4. The molecule has 0 aliphatic carbocycles. The van der Waals surface area contributed by atoms with Gasteiger partial charge >= 0.3 is 0 Å². The standard InChI is InChI=1S/C12H14ClN5O2/c1-2-3-11-10(7-14)15-16-17(11)8-4-5-9(13)12(6-8)18(19)20/h4-6H,2-3,7,14H2,1H3. The van der Waals surface area contributed by atoms with E-state index in [0.29, 0.717) is 11.4 Å². The fraction of sp³-hybridized carbons (Fsp3) is 0.333. The lowest BCUT2D eigenvalue weighted by Crippen LogP contribution is -2.06. The van der Waals surface area contributed by atoms with Gasteiger partial charge in [0, 0.05) is 12.6 Å². The van der Waals surface area contributed by atoms with E-state index < -0.39 is 4.92 Å². The Balaban J connectivity index is 2.54. The van der Waals surface area contributed by atoms with E-state index >= 15 is 0 Å². The van der Waals surface area contributed by atoms with Gasteiger partial charge in [-0.2, -0.15) is 0 Å². The normalized spacial score (nSPS) is 10.8. The van der Waals surface area contributed by atoms with Crippen LogP contribution >= 0.6 is 11.6 Å². The van der Waals surface area contributed by atoms with Crippen LogP contribution in [0.2, 0.25) is 5.02 Å². The fourth-order valence-corrected chi connectivity index (χ4v) is 2.15. The molecule has 0 aliphatic heterocycles. The van der Waals surface area contributed by atoms with Crippen molar-refractivity contribution in [2.24, 2.45) is 5.73 Å². The highest BCUT2D eigenvalue weighted by atomic mass is 35.5. The minimum atomic E-state index is -0.522. The van der Waals surface area contributed by atoms with Crippen molar-refractivity contribution in [1.29, 1.82) is 0 Å². The molecule has 20 heavy (non-hydrogen) atoms. The lowest BCUT2D eigenvalue weighted by molar-refractivity contribution is -0.384. The molecule has 1 aromatic heterocycles. The molecule has 8 heteroatoms. The van der Waals surface area contributed by atoms with E-state index in [2.05, 4.69) is 10.3 Å². The summed E-state index contributed by atoms with van der Waals surface area (Å²) in [7, 11) is 0. The minimum absolute atomic E-state index is 0.0926. The lowest BCUT2D eigenvalue weighted by Gasteiger charge is -2.07. The van der Waals surface area contributed by atoms with Crippen LogP contribution in [0.4, 0.5) is 5.69 Å². The van der Waals surface area contributed by atoms with Gasteiger partial charge in [-0.1, -0.05) is 30.2 Å². The van der Waals surface area contributed by atoms with Crippen LogP contribution in [0, 0.1) is 10.1 Å². The summed E-state index contributed by atoms with van der Waals surface area (Å²) in [4.78, 5) is 10.4. The van der Waals surface area contributed by atoms with Gasteiger partial charge in [0.15, 0.2) is 0 Å². The molecule has 7 nitrogen and oxygen atoms in total. The number of halogens is 1. The van der Waals surface area contributed by atoms with Crippen LogP contribution in [0.15, 0.2) is 18.2 Å². The Hall–Kier alpha value is -1.99. The molecule has 1 heterocycles. The van der Waals surface area contributed by atoms with E-state index in [0.717, 1.165) is 18.5 Å². The molecule has 0 spiro atoms. The zero-order valence-electron chi connectivity index (χ0n) is 10.9. The number of nitro groups is 1. The molecule has 0 saturated carbocycles. The van der Waals surface area contributed by atoms with Gasteiger partial charge in [0.05, 0.1) is 22.0 Å². The number of aromatic nitrogens is 3. The monoisotopic (exact) mass is 295 g/mol. The molecule has 0 aliphatic rings. The Morgan fingerprint density at radius 1 is 1.50 bits per heavy atom. The van der Waals surface area contributed by atoms with E-state index in [-0.39, 0.29) is 17.3 Å². The first-order chi connectivity index (χ1) is 9.58. The average Bonchev–Trinajstić information content (AvgIpc) is 2.82. The molecule has 2 aromatic rings. The van der Waals surface area contributed by atoms with Gasteiger partial charge in [-0.05, 0) is 18.6 Å². The molecule has 0 fully saturated rings. The molecule has 1 aromatic carbocycles. The fourth-order valence-electron chi connectivity index (χ4n) is 1.96. The van der Waals surface area contributed by atoms with Gasteiger partial charge < -0.3 is 5.73 Å². The summed E-state index contributed by atoms with van der Waals surface area (Å²) in [6.07, 6.45) is 1.64. The Morgan fingerprint density at radius 2 is 2.25 bits per heavy atom. The van der Waals surface area contributed by atoms with Crippen LogP contribution in [0.1, 0.15) is 24.7 Å². The predicted molar refractivity (Wildman–Crippen MR) is 74.9 cm³/mol. The summed E-state index contributed by atoms with van der Waals surface area (Å²) >= 11 is 5.81. The predicted octanol–water partition coefficient (Wildman–Crippen LogP) is 2.24. The van der Waals surface area contributed by atoms with Gasteiger partial charge in [0.1, 0.15) is 5.02 Å². The first-order valence-corrected chi connectivity index (χ1v) is 6.54. The minimum Gasteiger partial charge on any atom is -0.325 e. The molecule has 2 N–H and O–H groups in total. The summed E-state index contributed by atoms with van der Waals surface area (Å²) in [6, 6.07) is 4.54. The van der Waals surface area contributed by atoms with E-state index in [4.69, 9.17) is 17.3 Å². The number of nitrogens with zero attached hydrogens (tertiary/aromatic N) is 4. The zero-order valence-corrected chi connectivity index (χ0v) is 11.7. The molecule has 0 amide bonds. The van der Waals surface area contributed by atoms with E-state index in [9.17, 15) is 10.1 Å². The van der Waals surface area contributed by atoms with Gasteiger partial charge in [0.25, 0.3) is 5.69 Å². The summed E-state index contributed by atoms with van der Waals surface area (Å²) in [6.45, 7) is 2.31. The maximum Gasteiger partial charge on any atom is 0.290 e. The number of nitrogens with two attached hydrogens (primary N) is 1. The van der Waals surface area contributed by atoms with Crippen molar-refractivity contribution in [2.75, 3.05) is 0 Å². The Labute approximate surface area is 120 Å². The lowest BCUT2D eigenvalue weighted by atomic mass is 10.2. The summed E-state index contributed by atoms with van der Waals surface area (Å²) in [5.74, 6) is 0. The summed E-state index contributed by atoms with van der Waals surface area (Å²) in [5.41, 5.74) is 7.59. The number of rotatable bonds is 5. The maximum absolute atomic E-state index is 10.9. The summed E-state index contributed by atoms with van der Waals surface area (Å²) < 4.78 is 1.58. The van der Waals surface area contributed by atoms with E-state index in [1.54, 1.807) is 10.7 Å². The third kappa shape index (κ3) is 2.63. The summed E-state index contributed by atoms with van der Waals surface area (Å²) in [5, 5.41) is 19.1. The first-order valence-electron chi connectivity index (χ1n) is 6.16. The Kier molecular flexibility index (Phi) is 4.31. The second kappa shape index (κ2) is 5.98. The van der Waals surface area contributed by atoms with E-state index in [1.165, 1.54) is 12.1 Å². The number of benzene rings is 1. The van der Waals surface area contributed by atoms with Gasteiger partial charge in [-0.25, -0.2) is 4.68 Å². The smallest absolute Gasteiger partial charge is 0.290 e. The third-order valence-electron chi connectivity index (χ3n) is 2.89. The van der Waals surface area contributed by atoms with Crippen molar-refractivity contribution < 1.29 is 4.92 Å². The highest BCUT2D eigenvalue weighted by Crippen LogP contribution is 2.27. The van der Waals surface area contributed by atoms with Crippen LogP contribution in [0.3, 0.4) is 0 Å². The molecule has 0 radical (unpaired) electrons. The highest BCUT2D eigenvalue weighted by Gasteiger charge is 2.17. The van der Waals surface area contributed by atoms with Crippen molar-refractivity contribution in [3.8, 4) is 5.69 Å². The largest absolute Gasteiger partial charge is 0.325 e. The SMILES string of the molecule is CCCc1c(CN)nnn1-c1ccc(Cl)c([N+](=O)[O-])c1. The van der Waals surface area contributed by atoms with E-state index in [1.807, 2.05) is 6.92 Å². The number of nitro benzene ring substituents is 1. The zero-order chi connectivity index (χ0) is 14.7. The maximum atomic E-state index is 10.9. The van der Waals surface area contributed by atoms with Crippen LogP contribution < -0.4 is 5.73 Å². The number of hydrogen-bond donors (Lipinski definition) is 1. The topological polar surface area (TPSA) is 99.9 Å². The molecular formula is C12H14ClN5O2. The van der Waals surface area contributed by atoms with Crippen molar-refractivity contribution in [3.63, 3.8) is 0 Å². The van der Waals surface area contributed by atoms with Crippen LogP contribution in [-0.2, 0) is 13.0 Å². The van der Waals surface area contributed by atoms with Crippen molar-refractivity contribution in [2.45, 2.75) is 26.3 Å². The van der Waals surface area contributed by atoms with Crippen molar-refractivity contribution in [3.05, 3.63) is 44.7 Å². The molecular weight excluding hydrogens is 282 g/mol. The second-order valence-corrected chi connectivity index (χ2v) is 4.65. The molecule has 0 atom stereocenters. The second-order valence-electron chi connectivity index (χ2n) is 4.24. The van der Waals surface area contributed by atoms with Crippen molar-refractivity contribution >= 4 is 17.3 Å². The Morgan fingerprint density at radius 3 is 2.85 bits per heavy atom. The molecule has 0 unspecified atom stereocenters. The van der Waals surface area contributed by atoms with Gasteiger partial charge in [0.2, 0.25) is 0 Å².